The number of aryl methyl sites for hydroxylation is 1. The predicted molar refractivity (Wildman–Crippen MR) is 118 cm³/mol. The second-order valence-electron chi connectivity index (χ2n) is 6.96. The van der Waals surface area contributed by atoms with Gasteiger partial charge in [-0.15, -0.1) is 0 Å². The normalized spacial score (nSPS) is 20.6. The number of rotatable bonds is 9. The van der Waals surface area contributed by atoms with Crippen LogP contribution in [0.2, 0.25) is 0 Å². The molecule has 0 fully saturated rings. The Morgan fingerprint density at radius 3 is 2.69 bits per heavy atom. The third-order valence-corrected chi connectivity index (χ3v) is 6.57. The molecule has 0 radical (unpaired) electrons. The van der Waals surface area contributed by atoms with Crippen LogP contribution in [0.3, 0.4) is 0 Å². The van der Waals surface area contributed by atoms with Crippen LogP contribution in [0, 0.1) is 6.92 Å². The van der Waals surface area contributed by atoms with E-state index in [9.17, 15) is 18.9 Å². The lowest BCUT2D eigenvalue weighted by Gasteiger charge is -2.23. The van der Waals surface area contributed by atoms with E-state index < -0.39 is 43.3 Å². The average Bonchev–Trinajstić information content (AvgIpc) is 3.20. The maximum atomic E-state index is 13.2. The van der Waals surface area contributed by atoms with Crippen LogP contribution in [0.5, 0.6) is 5.75 Å². The summed E-state index contributed by atoms with van der Waals surface area (Å²) in [7, 11) is -4.11. The summed E-state index contributed by atoms with van der Waals surface area (Å²) in [6, 6.07) is 5.20. The molecule has 0 aliphatic carbocycles. The van der Waals surface area contributed by atoms with Crippen molar-refractivity contribution in [2.75, 3.05) is 6.61 Å². The van der Waals surface area contributed by atoms with Crippen LogP contribution in [-0.4, -0.2) is 39.4 Å². The second-order valence-corrected chi connectivity index (χ2v) is 9.57. The molecule has 32 heavy (non-hydrogen) atoms. The summed E-state index contributed by atoms with van der Waals surface area (Å²) in [5.74, 6) is -1.03. The minimum Gasteiger partial charge on any atom is -0.480 e. The number of hydrogen-bond acceptors (Lipinski definition) is 7. The molecule has 0 bridgehead atoms. The van der Waals surface area contributed by atoms with Crippen LogP contribution < -0.4 is 20.9 Å². The number of nitrogens with zero attached hydrogens (tertiary/aromatic N) is 1. The summed E-state index contributed by atoms with van der Waals surface area (Å²) in [6.07, 6.45) is 3.05. The van der Waals surface area contributed by atoms with E-state index in [-0.39, 0.29) is 12.4 Å². The Bertz CT molecular complexity index is 1180. The lowest BCUT2D eigenvalue weighted by atomic mass is 10.3. The number of carbonyl (C=O) groups is 1. The van der Waals surface area contributed by atoms with Gasteiger partial charge in [-0.25, -0.2) is 9.36 Å². The van der Waals surface area contributed by atoms with Crippen molar-refractivity contribution in [3.05, 3.63) is 73.5 Å². The Labute approximate surface area is 190 Å². The van der Waals surface area contributed by atoms with Crippen molar-refractivity contribution in [1.82, 2.24) is 14.6 Å². The summed E-state index contributed by atoms with van der Waals surface area (Å²) in [5.41, 5.74) is -0.795. The third kappa shape index (κ3) is 6.05. The molecule has 2 heterocycles. The van der Waals surface area contributed by atoms with Gasteiger partial charge >= 0.3 is 19.4 Å². The van der Waals surface area contributed by atoms with Gasteiger partial charge in [0.05, 0.1) is 6.61 Å². The first-order chi connectivity index (χ1) is 15.1. The van der Waals surface area contributed by atoms with Gasteiger partial charge in [-0.05, 0) is 44.2 Å². The molecule has 13 heteroatoms. The lowest BCUT2D eigenvalue weighted by molar-refractivity contribution is -0.138. The number of benzene rings is 1. The molecule has 3 N–H and O–H groups in total. The van der Waals surface area contributed by atoms with Crippen LogP contribution in [-0.2, 0) is 18.6 Å². The number of halogens is 1. The smallest absolute Gasteiger partial charge is 0.459 e. The van der Waals surface area contributed by atoms with E-state index in [1.165, 1.54) is 17.7 Å². The molecule has 0 amide bonds. The Balaban J connectivity index is 1.70. The highest BCUT2D eigenvalue weighted by molar-refractivity contribution is 9.10. The fourth-order valence-electron chi connectivity index (χ4n) is 2.71. The maximum absolute atomic E-state index is 13.2. The number of carboxylic acid groups (broad SMARTS) is 1. The molecule has 11 nitrogen and oxygen atoms in total. The summed E-state index contributed by atoms with van der Waals surface area (Å²) >= 11 is 3.28. The number of nitrogens with one attached hydrogen (secondary N) is 2. The zero-order valence-corrected chi connectivity index (χ0v) is 19.5. The van der Waals surface area contributed by atoms with Crippen molar-refractivity contribution >= 4 is 29.6 Å². The highest BCUT2D eigenvalue weighted by atomic mass is 79.9. The van der Waals surface area contributed by atoms with Crippen LogP contribution in [0.25, 0.3) is 0 Å². The number of aliphatic carboxylic acids is 1. The number of aromatic amines is 1. The summed E-state index contributed by atoms with van der Waals surface area (Å²) in [4.78, 5) is 37.0. The van der Waals surface area contributed by atoms with Crippen molar-refractivity contribution in [3.8, 4) is 5.75 Å². The zero-order valence-electron chi connectivity index (χ0n) is 17.1. The van der Waals surface area contributed by atoms with Gasteiger partial charge in [-0.1, -0.05) is 22.0 Å². The van der Waals surface area contributed by atoms with Crippen LogP contribution in [0.1, 0.15) is 18.7 Å². The Morgan fingerprint density at radius 2 is 2.03 bits per heavy atom. The van der Waals surface area contributed by atoms with E-state index in [1.807, 2.05) is 0 Å². The van der Waals surface area contributed by atoms with E-state index in [0.29, 0.717) is 5.56 Å². The number of aromatic nitrogens is 2. The molecule has 1 aromatic carbocycles. The molecular weight excluding hydrogens is 509 g/mol. The third-order valence-electron chi connectivity index (χ3n) is 4.39. The van der Waals surface area contributed by atoms with Gasteiger partial charge in [0.2, 0.25) is 0 Å². The van der Waals surface area contributed by atoms with Crippen LogP contribution in [0.4, 0.5) is 0 Å². The van der Waals surface area contributed by atoms with Crippen LogP contribution >= 0.6 is 23.7 Å². The van der Waals surface area contributed by atoms with E-state index in [4.69, 9.17) is 18.9 Å². The average molecular weight is 530 g/mol. The predicted octanol–water partition coefficient (Wildman–Crippen LogP) is 2.33. The Kier molecular flexibility index (Phi) is 7.52. The Hall–Kier alpha value is -2.50. The molecule has 4 atom stereocenters. The first-order valence-corrected chi connectivity index (χ1v) is 11.8. The van der Waals surface area contributed by atoms with E-state index in [2.05, 4.69) is 26.0 Å². The van der Waals surface area contributed by atoms with E-state index >= 15 is 0 Å². The standard InChI is InChI=1S/C19H21BrN3O8P/c1-11-9-23(19(27)21-17(11)24)16-8-7-15(30-16)10-29-32(28,22-12(2)18(25)26)31-14-5-3-13(20)4-6-14/h3-9,12,15-16H,10H2,1-2H3,(H,22,28)(H,25,26)(H,21,24,27)/t12?,15-,16+,32-/m0/s1. The first kappa shape index (κ1) is 24.1. The number of H-pyrrole nitrogens is 1. The highest BCUT2D eigenvalue weighted by Crippen LogP contribution is 2.45. The highest BCUT2D eigenvalue weighted by Gasteiger charge is 2.33. The minimum atomic E-state index is -4.11. The van der Waals surface area contributed by atoms with Crippen molar-refractivity contribution in [3.63, 3.8) is 0 Å². The fourth-order valence-corrected chi connectivity index (χ4v) is 4.48. The number of ether oxygens (including phenoxy) is 1. The molecule has 0 saturated carbocycles. The van der Waals surface area contributed by atoms with Crippen molar-refractivity contribution in [2.24, 2.45) is 0 Å². The van der Waals surface area contributed by atoms with Gasteiger partial charge in [-0.3, -0.25) is 23.7 Å². The van der Waals surface area contributed by atoms with Crippen molar-refractivity contribution in [1.29, 1.82) is 0 Å². The fraction of sp³-hybridized carbons (Fsp3) is 0.316. The summed E-state index contributed by atoms with van der Waals surface area (Å²) < 4.78 is 31.8. The molecule has 3 rings (SSSR count). The van der Waals surface area contributed by atoms with E-state index in [1.54, 1.807) is 43.3 Å². The van der Waals surface area contributed by atoms with E-state index in [0.717, 1.165) is 4.47 Å². The molecule has 1 aromatic heterocycles. The lowest BCUT2D eigenvalue weighted by Crippen LogP contribution is -2.35. The van der Waals surface area contributed by atoms with Gasteiger partial charge in [0.1, 0.15) is 17.9 Å². The molecule has 0 spiro atoms. The van der Waals surface area contributed by atoms with Gasteiger partial charge < -0.3 is 14.4 Å². The summed E-state index contributed by atoms with van der Waals surface area (Å²) in [5, 5.41) is 11.5. The SMILES string of the molecule is Cc1cn([C@H]2C=C[C@@H](CO[P@@](=O)(NC(C)C(=O)O)Oc3ccc(Br)cc3)O2)c(=O)[nH]c1=O. The molecule has 1 aliphatic rings. The number of carboxylic acids is 1. The monoisotopic (exact) mass is 529 g/mol. The Morgan fingerprint density at radius 1 is 1.34 bits per heavy atom. The van der Waals surface area contributed by atoms with Gasteiger partial charge in [0, 0.05) is 16.2 Å². The van der Waals surface area contributed by atoms with Gasteiger partial charge in [-0.2, -0.15) is 5.09 Å². The largest absolute Gasteiger partial charge is 0.480 e. The second kappa shape index (κ2) is 9.97. The topological polar surface area (TPSA) is 149 Å². The molecule has 1 unspecified atom stereocenters. The van der Waals surface area contributed by atoms with Gasteiger partial charge in [0.15, 0.2) is 6.23 Å². The van der Waals surface area contributed by atoms with Crippen molar-refractivity contribution in [2.45, 2.75) is 32.2 Å². The number of hydrogen-bond donors (Lipinski definition) is 3. The zero-order chi connectivity index (χ0) is 23.5. The van der Waals surface area contributed by atoms with Gasteiger partial charge in [0.25, 0.3) is 5.56 Å². The quantitative estimate of drug-likeness (QED) is 0.328. The maximum Gasteiger partial charge on any atom is 0.459 e. The van der Waals surface area contributed by atoms with Crippen molar-refractivity contribution < 1.29 is 28.3 Å². The molecule has 172 valence electrons. The van der Waals surface area contributed by atoms with Crippen LogP contribution in [0.15, 0.2) is 56.7 Å². The molecular formula is C19H21BrN3O8P. The minimum absolute atomic E-state index is 0.206. The summed E-state index contributed by atoms with van der Waals surface area (Å²) in [6.45, 7) is 2.60. The first-order valence-electron chi connectivity index (χ1n) is 9.42. The molecule has 2 aromatic rings. The molecule has 0 saturated heterocycles. The molecule has 1 aliphatic heterocycles.